The Morgan fingerprint density at radius 3 is 2.58 bits per heavy atom. The molecule has 19 heavy (non-hydrogen) atoms. The van der Waals surface area contributed by atoms with Crippen molar-refractivity contribution < 1.29 is 0 Å². The van der Waals surface area contributed by atoms with Gasteiger partial charge in [0.15, 0.2) is 0 Å². The fourth-order valence-electron chi connectivity index (χ4n) is 1.94. The second kappa shape index (κ2) is 6.59. The Balaban J connectivity index is 2.13. The molecule has 1 N–H and O–H groups in total. The molecular formula is C14H21N3S2. The molecule has 0 aliphatic carbocycles. The van der Waals surface area contributed by atoms with Crippen LogP contribution < -0.4 is 5.32 Å². The molecule has 0 bridgehead atoms. The van der Waals surface area contributed by atoms with Crippen molar-refractivity contribution in [2.24, 2.45) is 0 Å². The van der Waals surface area contributed by atoms with E-state index in [1.807, 2.05) is 0 Å². The molecule has 5 heteroatoms. The third kappa shape index (κ3) is 3.84. The van der Waals surface area contributed by atoms with E-state index in [9.17, 15) is 0 Å². The molecule has 2 aromatic rings. The maximum Gasteiger partial charge on any atom is 0.0950 e. The number of hydrogen-bond acceptors (Lipinski definition) is 5. The number of nitrogens with one attached hydrogen (secondary N) is 1. The van der Waals surface area contributed by atoms with E-state index in [0.29, 0.717) is 0 Å². The summed E-state index contributed by atoms with van der Waals surface area (Å²) in [6, 6.07) is 0.287. The zero-order chi connectivity index (χ0) is 13.8. The summed E-state index contributed by atoms with van der Waals surface area (Å²) >= 11 is 3.52. The van der Waals surface area contributed by atoms with Crippen LogP contribution in [-0.4, -0.2) is 16.5 Å². The number of nitrogens with zero attached hydrogens (tertiary/aromatic N) is 2. The molecule has 0 spiro atoms. The van der Waals surface area contributed by atoms with Gasteiger partial charge in [0, 0.05) is 16.7 Å². The summed E-state index contributed by atoms with van der Waals surface area (Å²) in [5, 5.41) is 8.08. The van der Waals surface area contributed by atoms with E-state index in [-0.39, 0.29) is 6.04 Å². The molecule has 0 saturated heterocycles. The normalized spacial score (nSPS) is 12.8. The molecule has 104 valence electrons. The highest BCUT2D eigenvalue weighted by Gasteiger charge is 2.17. The van der Waals surface area contributed by atoms with E-state index in [2.05, 4.69) is 48.4 Å². The first-order valence-corrected chi connectivity index (χ1v) is 8.38. The molecule has 3 nitrogen and oxygen atoms in total. The van der Waals surface area contributed by atoms with E-state index in [0.717, 1.165) is 35.8 Å². The number of hydrogen-bond donors (Lipinski definition) is 1. The smallest absolute Gasteiger partial charge is 0.0950 e. The van der Waals surface area contributed by atoms with E-state index >= 15 is 0 Å². The number of aryl methyl sites for hydroxylation is 3. The summed E-state index contributed by atoms with van der Waals surface area (Å²) in [6.45, 7) is 9.48. The molecule has 0 fully saturated rings. The predicted molar refractivity (Wildman–Crippen MR) is 83.2 cm³/mol. The topological polar surface area (TPSA) is 37.8 Å². The van der Waals surface area contributed by atoms with E-state index in [1.165, 1.54) is 9.88 Å². The van der Waals surface area contributed by atoms with Crippen LogP contribution in [0.4, 0.5) is 0 Å². The third-order valence-corrected chi connectivity index (χ3v) is 4.97. The minimum absolute atomic E-state index is 0.287. The lowest BCUT2D eigenvalue weighted by Gasteiger charge is -2.15. The van der Waals surface area contributed by atoms with Crippen LogP contribution in [0.15, 0.2) is 5.38 Å². The van der Waals surface area contributed by atoms with Crippen molar-refractivity contribution in [1.82, 2.24) is 15.3 Å². The lowest BCUT2D eigenvalue weighted by atomic mass is 10.1. The fraction of sp³-hybridized carbons (Fsp3) is 0.571. The number of rotatable bonds is 6. The molecule has 0 saturated carbocycles. The minimum atomic E-state index is 0.287. The van der Waals surface area contributed by atoms with Crippen LogP contribution in [0.25, 0.3) is 0 Å². The highest BCUT2D eigenvalue weighted by molar-refractivity contribution is 7.11. The zero-order valence-electron chi connectivity index (χ0n) is 12.0. The SMILES string of the molecule is CCCNC(Cc1nc(C)c(C)s1)c1csc(C)n1. The maximum absolute atomic E-state index is 4.64. The molecular weight excluding hydrogens is 274 g/mol. The zero-order valence-corrected chi connectivity index (χ0v) is 13.6. The lowest BCUT2D eigenvalue weighted by Crippen LogP contribution is -2.24. The van der Waals surface area contributed by atoms with Crippen molar-refractivity contribution in [1.29, 1.82) is 0 Å². The van der Waals surface area contributed by atoms with Gasteiger partial charge in [-0.25, -0.2) is 9.97 Å². The van der Waals surface area contributed by atoms with E-state index < -0.39 is 0 Å². The first-order valence-electron chi connectivity index (χ1n) is 6.68. The van der Waals surface area contributed by atoms with Crippen LogP contribution >= 0.6 is 22.7 Å². The summed E-state index contributed by atoms with van der Waals surface area (Å²) in [5.41, 5.74) is 2.31. The Hall–Kier alpha value is -0.780. The third-order valence-electron chi connectivity index (χ3n) is 3.09. The van der Waals surface area contributed by atoms with E-state index in [4.69, 9.17) is 0 Å². The van der Waals surface area contributed by atoms with Crippen molar-refractivity contribution in [2.75, 3.05) is 6.54 Å². The Labute approximate surface area is 123 Å². The van der Waals surface area contributed by atoms with Crippen LogP contribution in [0.5, 0.6) is 0 Å². The quantitative estimate of drug-likeness (QED) is 0.880. The van der Waals surface area contributed by atoms with Crippen LogP contribution in [0, 0.1) is 20.8 Å². The van der Waals surface area contributed by atoms with Crippen molar-refractivity contribution in [2.45, 2.75) is 46.6 Å². The number of aromatic nitrogens is 2. The summed E-state index contributed by atoms with van der Waals surface area (Å²) in [5.74, 6) is 0. The monoisotopic (exact) mass is 295 g/mol. The van der Waals surface area contributed by atoms with Gasteiger partial charge in [0.2, 0.25) is 0 Å². The fourth-order valence-corrected chi connectivity index (χ4v) is 3.59. The van der Waals surface area contributed by atoms with Gasteiger partial charge in [0.1, 0.15) is 0 Å². The Kier molecular flexibility index (Phi) is 5.07. The summed E-state index contributed by atoms with van der Waals surface area (Å²) in [6.07, 6.45) is 2.07. The van der Waals surface area contributed by atoms with Gasteiger partial charge in [-0.3, -0.25) is 0 Å². The van der Waals surface area contributed by atoms with Crippen molar-refractivity contribution >= 4 is 22.7 Å². The molecule has 0 amide bonds. The second-order valence-electron chi connectivity index (χ2n) is 4.75. The second-order valence-corrected chi connectivity index (χ2v) is 7.10. The first kappa shape index (κ1) is 14.6. The highest BCUT2D eigenvalue weighted by atomic mass is 32.1. The van der Waals surface area contributed by atoms with Gasteiger partial charge in [-0.05, 0) is 33.7 Å². The molecule has 0 aliphatic rings. The Morgan fingerprint density at radius 2 is 2.05 bits per heavy atom. The van der Waals surface area contributed by atoms with Gasteiger partial charge in [0.25, 0.3) is 0 Å². The average Bonchev–Trinajstić information content (AvgIpc) is 2.92. The minimum Gasteiger partial charge on any atom is -0.308 e. The summed E-state index contributed by atoms with van der Waals surface area (Å²) in [7, 11) is 0. The van der Waals surface area contributed by atoms with Gasteiger partial charge < -0.3 is 5.32 Å². The van der Waals surface area contributed by atoms with Crippen molar-refractivity contribution in [3.05, 3.63) is 31.7 Å². The van der Waals surface area contributed by atoms with Crippen molar-refractivity contribution in [3.63, 3.8) is 0 Å². The molecule has 2 heterocycles. The van der Waals surface area contributed by atoms with Crippen LogP contribution in [0.2, 0.25) is 0 Å². The molecule has 0 radical (unpaired) electrons. The van der Waals surface area contributed by atoms with Crippen molar-refractivity contribution in [3.8, 4) is 0 Å². The van der Waals surface area contributed by atoms with Gasteiger partial charge in [-0.15, -0.1) is 22.7 Å². The van der Waals surface area contributed by atoms with Crippen LogP contribution in [-0.2, 0) is 6.42 Å². The molecule has 2 aromatic heterocycles. The summed E-state index contributed by atoms with van der Waals surface area (Å²) in [4.78, 5) is 10.6. The predicted octanol–water partition coefficient (Wildman–Crippen LogP) is 3.81. The van der Waals surface area contributed by atoms with Gasteiger partial charge in [-0.1, -0.05) is 6.92 Å². The highest BCUT2D eigenvalue weighted by Crippen LogP contribution is 2.24. The van der Waals surface area contributed by atoms with Gasteiger partial charge in [0.05, 0.1) is 27.4 Å². The molecule has 1 unspecified atom stereocenters. The molecule has 0 aromatic carbocycles. The largest absolute Gasteiger partial charge is 0.308 e. The average molecular weight is 295 g/mol. The first-order chi connectivity index (χ1) is 9.10. The van der Waals surface area contributed by atoms with E-state index in [1.54, 1.807) is 22.7 Å². The van der Waals surface area contributed by atoms with Crippen LogP contribution in [0.1, 0.15) is 45.7 Å². The number of thiazole rings is 2. The molecule has 1 atom stereocenters. The van der Waals surface area contributed by atoms with Gasteiger partial charge >= 0.3 is 0 Å². The lowest BCUT2D eigenvalue weighted by molar-refractivity contribution is 0.518. The molecule has 2 rings (SSSR count). The Morgan fingerprint density at radius 1 is 1.26 bits per heavy atom. The standard InChI is InChI=1S/C14H21N3S2/c1-5-6-15-12(13-8-18-11(4)17-13)7-14-16-9(2)10(3)19-14/h8,12,15H,5-7H2,1-4H3. The summed E-state index contributed by atoms with van der Waals surface area (Å²) < 4.78 is 0. The molecule has 0 aliphatic heterocycles. The Bertz CT molecular complexity index is 511. The van der Waals surface area contributed by atoms with Crippen LogP contribution in [0.3, 0.4) is 0 Å². The maximum atomic E-state index is 4.64. The van der Waals surface area contributed by atoms with Gasteiger partial charge in [-0.2, -0.15) is 0 Å².